The summed E-state index contributed by atoms with van der Waals surface area (Å²) in [6.45, 7) is 0. The maximum Gasteiger partial charge on any atom is 0.376 e. The molecule has 0 aliphatic carbocycles. The molecule has 0 radical (unpaired) electrons. The van der Waals surface area contributed by atoms with Gasteiger partial charge in [-0.05, 0) is 10.8 Å². The van der Waals surface area contributed by atoms with E-state index in [-0.39, 0.29) is 0 Å². The second-order valence-electron chi connectivity index (χ2n) is 1.27. The molecule has 0 spiro atoms. The van der Waals surface area contributed by atoms with Crippen LogP contribution in [0.2, 0.25) is 0 Å². The Hall–Kier alpha value is -0.830. The molecule has 1 aromatic heterocycles. The van der Waals surface area contributed by atoms with E-state index in [9.17, 15) is 0 Å². The minimum absolute atomic E-state index is 0.743. The van der Waals surface area contributed by atoms with Gasteiger partial charge in [-0.3, -0.25) is 0 Å². The van der Waals surface area contributed by atoms with Crippen molar-refractivity contribution in [2.75, 3.05) is 0 Å². The second-order valence-corrected chi connectivity index (χ2v) is 1.89. The number of aromatic nitrogens is 1. The zero-order chi connectivity index (χ0) is 5.82. The van der Waals surface area contributed by atoms with Crippen LogP contribution >= 0.6 is 0 Å². The van der Waals surface area contributed by atoms with Crippen LogP contribution < -0.4 is 0 Å². The summed E-state index contributed by atoms with van der Waals surface area (Å²) in [5.74, 6) is 0. The Morgan fingerprint density at radius 1 is 1.50 bits per heavy atom. The van der Waals surface area contributed by atoms with Crippen molar-refractivity contribution in [2.24, 2.45) is 0 Å². The predicted octanol–water partition coefficient (Wildman–Crippen LogP) is 1.29. The summed E-state index contributed by atoms with van der Waals surface area (Å²) in [4.78, 5) is 3.87. The molecular formula is C5H5N2S+. The molecule has 0 unspecified atom stereocenters. The molecule has 2 nitrogen and oxygen atoms in total. The van der Waals surface area contributed by atoms with Crippen molar-refractivity contribution in [2.45, 2.75) is 5.03 Å². The van der Waals surface area contributed by atoms with Gasteiger partial charge in [0.15, 0.2) is 0 Å². The molecule has 0 saturated heterocycles. The molecule has 0 atom stereocenters. The third-order valence-corrected chi connectivity index (χ3v) is 1.19. The fourth-order valence-corrected chi connectivity index (χ4v) is 0.668. The maximum absolute atomic E-state index is 6.80. The highest BCUT2D eigenvalue weighted by Gasteiger charge is 1.97. The topological polar surface area (TPSA) is 36.7 Å². The van der Waals surface area contributed by atoms with Crippen molar-refractivity contribution in [1.29, 1.82) is 4.78 Å². The molecule has 0 fully saturated rings. The summed E-state index contributed by atoms with van der Waals surface area (Å²) in [5, 5.41) is 0.743. The van der Waals surface area contributed by atoms with E-state index in [1.54, 1.807) is 12.3 Å². The first-order valence-electron chi connectivity index (χ1n) is 2.18. The maximum atomic E-state index is 6.80. The van der Waals surface area contributed by atoms with Crippen molar-refractivity contribution in [1.82, 2.24) is 4.98 Å². The lowest BCUT2D eigenvalue weighted by atomic mass is 10.5. The predicted molar refractivity (Wildman–Crippen MR) is 32.6 cm³/mol. The number of hydrogen-bond donors (Lipinski definition) is 1. The van der Waals surface area contributed by atoms with Gasteiger partial charge in [0.1, 0.15) is 0 Å². The summed E-state index contributed by atoms with van der Waals surface area (Å²) in [7, 11) is 0. The van der Waals surface area contributed by atoms with Crippen LogP contribution in [0.5, 0.6) is 0 Å². The van der Waals surface area contributed by atoms with Crippen LogP contribution in [0.1, 0.15) is 0 Å². The molecule has 1 rings (SSSR count). The van der Waals surface area contributed by atoms with Gasteiger partial charge < -0.3 is 0 Å². The van der Waals surface area contributed by atoms with Crippen molar-refractivity contribution < 1.29 is 0 Å². The van der Waals surface area contributed by atoms with Gasteiger partial charge >= 0.3 is 16.6 Å². The molecule has 0 amide bonds. The Kier molecular flexibility index (Phi) is 1.64. The molecule has 1 aromatic rings. The van der Waals surface area contributed by atoms with Crippen LogP contribution in [0.25, 0.3) is 0 Å². The van der Waals surface area contributed by atoms with Crippen LogP contribution in [0.15, 0.2) is 29.4 Å². The first-order chi connectivity index (χ1) is 3.93. The van der Waals surface area contributed by atoms with Gasteiger partial charge in [0.2, 0.25) is 0 Å². The average Bonchev–Trinajstić information content (AvgIpc) is 1.90. The molecule has 0 aliphatic heterocycles. The van der Waals surface area contributed by atoms with E-state index in [4.69, 9.17) is 4.78 Å². The highest BCUT2D eigenvalue weighted by Crippen LogP contribution is 1.89. The summed E-state index contributed by atoms with van der Waals surface area (Å²) in [6.07, 6.45) is 1.68. The van der Waals surface area contributed by atoms with Gasteiger partial charge in [-0.1, -0.05) is 6.07 Å². The van der Waals surface area contributed by atoms with Crippen LogP contribution in [-0.2, 0) is 11.6 Å². The van der Waals surface area contributed by atoms with Gasteiger partial charge in [0.25, 0.3) is 0 Å². The highest BCUT2D eigenvalue weighted by molar-refractivity contribution is 7.66. The van der Waals surface area contributed by atoms with E-state index in [0.29, 0.717) is 0 Å². The van der Waals surface area contributed by atoms with Gasteiger partial charge in [-0.15, -0.1) is 0 Å². The van der Waals surface area contributed by atoms with Crippen LogP contribution in [-0.4, -0.2) is 4.98 Å². The summed E-state index contributed by atoms with van der Waals surface area (Å²) < 4.78 is 6.80. The summed E-state index contributed by atoms with van der Waals surface area (Å²) >= 11 is 0.908. The number of pyridine rings is 1. The Morgan fingerprint density at radius 2 is 2.38 bits per heavy atom. The molecular weight excluding hydrogens is 120 g/mol. The van der Waals surface area contributed by atoms with Crippen molar-refractivity contribution >= 4 is 11.6 Å². The number of nitrogens with zero attached hydrogens (tertiary/aromatic N) is 1. The van der Waals surface area contributed by atoms with Crippen molar-refractivity contribution in [3.05, 3.63) is 24.4 Å². The summed E-state index contributed by atoms with van der Waals surface area (Å²) in [6, 6.07) is 5.50. The normalized spacial score (nSPS) is 8.50. The fourth-order valence-electron chi connectivity index (χ4n) is 0.407. The Balaban J connectivity index is 2.99. The van der Waals surface area contributed by atoms with E-state index < -0.39 is 0 Å². The molecule has 1 N–H and O–H groups in total. The Morgan fingerprint density at radius 3 is 2.75 bits per heavy atom. The quantitative estimate of drug-likeness (QED) is 0.564. The first-order valence-corrected chi connectivity index (χ1v) is 3.00. The van der Waals surface area contributed by atoms with E-state index in [1.165, 1.54) is 0 Å². The lowest BCUT2D eigenvalue weighted by molar-refractivity contribution is 1.13. The molecule has 0 aliphatic rings. The van der Waals surface area contributed by atoms with Crippen molar-refractivity contribution in [3.8, 4) is 0 Å². The standard InChI is InChI=1S/C5H5N2S/c6-8-5-3-1-2-4-7-5/h1-4,6H/q+1. The second kappa shape index (κ2) is 2.47. The minimum Gasteiger partial charge on any atom is -0.200 e. The summed E-state index contributed by atoms with van der Waals surface area (Å²) in [5.41, 5.74) is 0. The first kappa shape index (κ1) is 5.31. The van der Waals surface area contributed by atoms with E-state index >= 15 is 0 Å². The smallest absolute Gasteiger partial charge is 0.200 e. The lowest BCUT2D eigenvalue weighted by Crippen LogP contribution is -1.74. The zero-order valence-corrected chi connectivity index (χ0v) is 4.98. The molecule has 40 valence electrons. The van der Waals surface area contributed by atoms with E-state index in [1.807, 2.05) is 12.1 Å². The van der Waals surface area contributed by atoms with E-state index in [0.717, 1.165) is 16.6 Å². The highest BCUT2D eigenvalue weighted by atomic mass is 32.1. The van der Waals surface area contributed by atoms with Crippen LogP contribution in [0, 0.1) is 4.78 Å². The van der Waals surface area contributed by atoms with Gasteiger partial charge in [0, 0.05) is 12.3 Å². The van der Waals surface area contributed by atoms with Crippen LogP contribution in [0.3, 0.4) is 0 Å². The molecule has 0 aromatic carbocycles. The average molecular weight is 125 g/mol. The largest absolute Gasteiger partial charge is 0.376 e. The fraction of sp³-hybridized carbons (Fsp3) is 0. The monoisotopic (exact) mass is 125 g/mol. The lowest BCUT2D eigenvalue weighted by Gasteiger charge is -1.71. The number of nitrogens with one attached hydrogen (secondary N) is 1. The minimum atomic E-state index is 0.743. The molecule has 1 heterocycles. The molecule has 8 heavy (non-hydrogen) atoms. The van der Waals surface area contributed by atoms with E-state index in [2.05, 4.69) is 4.98 Å². The number of hydrogen-bond acceptors (Lipinski definition) is 2. The third kappa shape index (κ3) is 1.07. The Bertz CT molecular complexity index is 173. The molecule has 0 bridgehead atoms. The van der Waals surface area contributed by atoms with Gasteiger partial charge in [0.05, 0.1) is 0 Å². The molecule has 3 heteroatoms. The Labute approximate surface area is 51.5 Å². The van der Waals surface area contributed by atoms with Crippen molar-refractivity contribution in [3.63, 3.8) is 0 Å². The zero-order valence-electron chi connectivity index (χ0n) is 4.16. The number of rotatable bonds is 1. The van der Waals surface area contributed by atoms with Crippen LogP contribution in [0.4, 0.5) is 0 Å². The third-order valence-electron chi connectivity index (χ3n) is 0.742. The SMILES string of the molecule is N=[S+]c1ccccn1. The van der Waals surface area contributed by atoms with Gasteiger partial charge in [-0.25, -0.2) is 0 Å². The molecule has 0 saturated carbocycles. The van der Waals surface area contributed by atoms with Gasteiger partial charge in [-0.2, -0.15) is 4.98 Å².